The van der Waals surface area contributed by atoms with Crippen molar-refractivity contribution in [1.82, 2.24) is 0 Å². The second-order valence-corrected chi connectivity index (χ2v) is 6.12. The minimum absolute atomic E-state index is 0.0129. The average Bonchev–Trinajstić information content (AvgIpc) is 2.64. The molecule has 13 nitrogen and oxygen atoms in total. The Labute approximate surface area is 175 Å². The van der Waals surface area contributed by atoms with Gasteiger partial charge in [0, 0.05) is 12.3 Å². The number of rotatable bonds is 12. The summed E-state index contributed by atoms with van der Waals surface area (Å²) < 4.78 is 0. The molecule has 3 unspecified atom stereocenters. The third-order valence-electron chi connectivity index (χ3n) is 3.09. The summed E-state index contributed by atoms with van der Waals surface area (Å²) in [6.45, 7) is 1.02. The van der Waals surface area contributed by atoms with Gasteiger partial charge in [0.2, 0.25) is 0 Å². The Bertz CT molecular complexity index is 492. The zero-order valence-corrected chi connectivity index (χ0v) is 17.2. The van der Waals surface area contributed by atoms with Crippen molar-refractivity contribution in [3.63, 3.8) is 0 Å². The van der Waals surface area contributed by atoms with Gasteiger partial charge in [0.25, 0.3) is 0 Å². The lowest BCUT2D eigenvalue weighted by Gasteiger charge is -2.03. The molecule has 29 heavy (non-hydrogen) atoms. The molecule has 0 fully saturated rings. The van der Waals surface area contributed by atoms with Crippen molar-refractivity contribution in [2.45, 2.75) is 50.2 Å². The number of guanidine groups is 1. The number of carboxylic acid groups (broad SMARTS) is 3. The van der Waals surface area contributed by atoms with E-state index < -0.39 is 36.0 Å². The number of hydrogen-bond acceptors (Lipinski definition) is 9. The van der Waals surface area contributed by atoms with Gasteiger partial charge in [0.15, 0.2) is 5.96 Å². The molecule has 0 bridgehead atoms. The summed E-state index contributed by atoms with van der Waals surface area (Å²) in [6, 6.07) is -2.35. The second kappa shape index (κ2) is 20.6. The molecule has 14 heteroatoms. The molecule has 0 rings (SSSR count). The fraction of sp³-hybridized carbons (Fsp3) is 0.733. The molecule has 0 saturated heterocycles. The normalized spacial score (nSPS) is 12.7. The molecule has 0 amide bonds. The lowest BCUT2D eigenvalue weighted by molar-refractivity contribution is -0.139. The van der Waals surface area contributed by atoms with Gasteiger partial charge in [-0.2, -0.15) is 12.6 Å². The predicted molar refractivity (Wildman–Crippen MR) is 114 cm³/mol. The number of carbonyl (C=O) groups is 3. The van der Waals surface area contributed by atoms with Gasteiger partial charge in [-0.1, -0.05) is 6.42 Å². The SMILES string of the molecule is NC(CS)C(=O)O.NC(N)=NCCCC(N)C(=O)O.NCCCCC(N)C(=O)O. The third kappa shape index (κ3) is 25.9. The van der Waals surface area contributed by atoms with Crippen LogP contribution in [0.5, 0.6) is 0 Å². The molecule has 0 spiro atoms. The molecular formula is C15H35N7O6S. The summed E-state index contributed by atoms with van der Waals surface area (Å²) in [4.78, 5) is 33.8. The third-order valence-corrected chi connectivity index (χ3v) is 3.48. The van der Waals surface area contributed by atoms with E-state index in [0.717, 1.165) is 12.8 Å². The first-order chi connectivity index (χ1) is 13.4. The maximum absolute atomic E-state index is 10.2. The van der Waals surface area contributed by atoms with Crippen LogP contribution in [-0.4, -0.2) is 76.2 Å². The lowest BCUT2D eigenvalue weighted by Crippen LogP contribution is -2.31. The Morgan fingerprint density at radius 3 is 1.48 bits per heavy atom. The van der Waals surface area contributed by atoms with Crippen LogP contribution >= 0.6 is 12.6 Å². The summed E-state index contributed by atoms with van der Waals surface area (Å²) in [7, 11) is 0. The van der Waals surface area contributed by atoms with E-state index in [0.29, 0.717) is 32.4 Å². The van der Waals surface area contributed by atoms with Crippen LogP contribution in [0.4, 0.5) is 0 Å². The van der Waals surface area contributed by atoms with Crippen molar-refractivity contribution >= 4 is 36.5 Å². The number of nitrogens with zero attached hydrogens (tertiary/aromatic N) is 1. The van der Waals surface area contributed by atoms with Gasteiger partial charge < -0.3 is 49.7 Å². The highest BCUT2D eigenvalue weighted by Crippen LogP contribution is 1.97. The first-order valence-corrected chi connectivity index (χ1v) is 9.35. The van der Waals surface area contributed by atoms with Gasteiger partial charge in [0.05, 0.1) is 0 Å². The van der Waals surface area contributed by atoms with E-state index in [-0.39, 0.29) is 11.7 Å². The molecular weight excluding hydrogens is 406 g/mol. The van der Waals surface area contributed by atoms with Crippen LogP contribution in [-0.2, 0) is 14.4 Å². The largest absolute Gasteiger partial charge is 0.480 e. The molecule has 15 N–H and O–H groups in total. The average molecular weight is 442 g/mol. The fourth-order valence-corrected chi connectivity index (χ4v) is 1.51. The first kappa shape index (κ1) is 31.6. The van der Waals surface area contributed by atoms with E-state index in [9.17, 15) is 14.4 Å². The molecule has 3 atom stereocenters. The summed E-state index contributed by atoms with van der Waals surface area (Å²) >= 11 is 3.65. The smallest absolute Gasteiger partial charge is 0.321 e. The van der Waals surface area contributed by atoms with Gasteiger partial charge in [-0.05, 0) is 32.2 Å². The fourth-order valence-electron chi connectivity index (χ4n) is 1.35. The molecule has 0 aliphatic heterocycles. The van der Waals surface area contributed by atoms with Gasteiger partial charge in [0.1, 0.15) is 18.1 Å². The van der Waals surface area contributed by atoms with E-state index in [1.165, 1.54) is 0 Å². The summed E-state index contributed by atoms with van der Waals surface area (Å²) in [5.41, 5.74) is 30.7. The number of aliphatic imine (C=N–C) groups is 1. The van der Waals surface area contributed by atoms with E-state index >= 15 is 0 Å². The Kier molecular flexibility index (Phi) is 22.4. The Morgan fingerprint density at radius 1 is 0.793 bits per heavy atom. The molecule has 0 aromatic carbocycles. The van der Waals surface area contributed by atoms with Gasteiger partial charge >= 0.3 is 17.9 Å². The number of thiol groups is 1. The molecule has 0 radical (unpaired) electrons. The van der Waals surface area contributed by atoms with Crippen molar-refractivity contribution in [3.8, 4) is 0 Å². The Balaban J connectivity index is -0.000000362. The quantitative estimate of drug-likeness (QED) is 0.0641. The topological polar surface area (TPSA) is 280 Å². The van der Waals surface area contributed by atoms with Crippen molar-refractivity contribution in [3.05, 3.63) is 0 Å². The van der Waals surface area contributed by atoms with Gasteiger partial charge in [-0.25, -0.2) is 0 Å². The molecule has 0 saturated carbocycles. The predicted octanol–water partition coefficient (Wildman–Crippen LogP) is -2.69. The minimum atomic E-state index is -1.00. The Hall–Kier alpha value is -2.13. The molecule has 0 aromatic heterocycles. The highest BCUT2D eigenvalue weighted by Gasteiger charge is 2.10. The maximum Gasteiger partial charge on any atom is 0.321 e. The molecule has 0 aromatic rings. The van der Waals surface area contributed by atoms with Crippen LogP contribution in [0.15, 0.2) is 4.99 Å². The second-order valence-electron chi connectivity index (χ2n) is 5.75. The number of nitrogens with two attached hydrogens (primary N) is 6. The van der Waals surface area contributed by atoms with Crippen molar-refractivity contribution in [2.24, 2.45) is 39.4 Å². The Morgan fingerprint density at radius 2 is 1.21 bits per heavy atom. The number of aliphatic carboxylic acids is 3. The summed E-state index contributed by atoms with van der Waals surface area (Å²) in [5.74, 6) is -2.74. The number of unbranched alkanes of at least 4 members (excludes halogenated alkanes) is 1. The van der Waals surface area contributed by atoms with Crippen molar-refractivity contribution in [1.29, 1.82) is 0 Å². The number of carboxylic acids is 3. The first-order valence-electron chi connectivity index (χ1n) is 8.72. The standard InChI is InChI=1S/C6H14N4O2.C6H14N2O2.C3H7NO2S/c7-4(5(11)12)2-1-3-10-6(8)9;7-4-2-1-3-5(8)6(9)10;4-2(1-7)3(5)6/h4H,1-3,7H2,(H,11,12)(H4,8,9,10);5H,1-4,7-8H2,(H,9,10);2,7H,1,4H2,(H,5,6). The van der Waals surface area contributed by atoms with Crippen LogP contribution in [0.1, 0.15) is 32.1 Å². The monoisotopic (exact) mass is 441 g/mol. The van der Waals surface area contributed by atoms with E-state index in [2.05, 4.69) is 17.6 Å². The minimum Gasteiger partial charge on any atom is -0.480 e. The molecule has 0 aliphatic rings. The van der Waals surface area contributed by atoms with E-state index in [4.69, 9.17) is 49.7 Å². The highest BCUT2D eigenvalue weighted by atomic mass is 32.1. The summed E-state index contributed by atoms with van der Waals surface area (Å²) in [6.07, 6.45) is 3.12. The van der Waals surface area contributed by atoms with Crippen LogP contribution in [0.3, 0.4) is 0 Å². The van der Waals surface area contributed by atoms with Crippen LogP contribution in [0.2, 0.25) is 0 Å². The lowest BCUT2D eigenvalue weighted by atomic mass is 10.1. The van der Waals surface area contributed by atoms with Crippen LogP contribution in [0, 0.1) is 0 Å². The zero-order valence-electron chi connectivity index (χ0n) is 16.3. The van der Waals surface area contributed by atoms with Crippen molar-refractivity contribution < 1.29 is 29.7 Å². The maximum atomic E-state index is 10.2. The molecule has 0 heterocycles. The van der Waals surface area contributed by atoms with Gasteiger partial charge in [-0.15, -0.1) is 0 Å². The molecule has 172 valence electrons. The highest BCUT2D eigenvalue weighted by molar-refractivity contribution is 7.80. The number of hydrogen-bond donors (Lipinski definition) is 10. The van der Waals surface area contributed by atoms with E-state index in [1.54, 1.807) is 0 Å². The zero-order chi connectivity index (χ0) is 23.4. The molecule has 0 aliphatic carbocycles. The van der Waals surface area contributed by atoms with Gasteiger partial charge in [-0.3, -0.25) is 19.4 Å². The van der Waals surface area contributed by atoms with Crippen LogP contribution < -0.4 is 34.4 Å². The van der Waals surface area contributed by atoms with Crippen molar-refractivity contribution in [2.75, 3.05) is 18.8 Å². The summed E-state index contributed by atoms with van der Waals surface area (Å²) in [5, 5.41) is 24.7. The van der Waals surface area contributed by atoms with Crippen LogP contribution in [0.25, 0.3) is 0 Å². The van der Waals surface area contributed by atoms with E-state index in [1.807, 2.05) is 0 Å².